The zero-order chi connectivity index (χ0) is 31.0. The summed E-state index contributed by atoms with van der Waals surface area (Å²) in [5.74, 6) is -0.198. The van der Waals surface area contributed by atoms with Crippen LogP contribution in [0.25, 0.3) is 54.4 Å². The molecule has 2 heterocycles. The van der Waals surface area contributed by atoms with Gasteiger partial charge >= 0.3 is 8.24 Å². The van der Waals surface area contributed by atoms with E-state index in [1.54, 1.807) is 0 Å². The Kier molecular flexibility index (Phi) is 7.30. The first-order chi connectivity index (χ1) is 22.7. The van der Waals surface area contributed by atoms with Crippen LogP contribution in [-0.2, 0) is 0 Å². The van der Waals surface area contributed by atoms with Gasteiger partial charge in [-0.25, -0.2) is 0 Å². The Bertz CT molecular complexity index is 2280. The zero-order valence-electron chi connectivity index (χ0n) is 25.1. The molecule has 46 heavy (non-hydrogen) atoms. The molecule has 0 saturated heterocycles. The third-order valence-corrected chi connectivity index (χ3v) is 9.69. The van der Waals surface area contributed by atoms with E-state index in [0.717, 1.165) is 48.8 Å². The summed E-state index contributed by atoms with van der Waals surface area (Å²) in [7, 11) is -1.94. The molecule has 0 fully saturated rings. The van der Waals surface area contributed by atoms with E-state index >= 15 is 0 Å². The Morgan fingerprint density at radius 1 is 0.717 bits per heavy atom. The normalized spacial score (nSPS) is 13.0. The van der Waals surface area contributed by atoms with E-state index in [2.05, 4.69) is 46.7 Å². The summed E-state index contributed by atoms with van der Waals surface area (Å²) in [4.78, 5) is 16.8. The van der Waals surface area contributed by atoms with Crippen LogP contribution in [0.1, 0.15) is 35.5 Å². The van der Waals surface area contributed by atoms with Gasteiger partial charge in [0.1, 0.15) is 23.0 Å². The molecule has 0 saturated carbocycles. The summed E-state index contributed by atoms with van der Waals surface area (Å²) in [6, 6.07) is 44.1. The number of amides is 1. The number of carbonyl (C=O) groups excluding carboxylic acids is 1. The SMILES string of the molecule is CC[C@H](NC(=O)c1cc2ccccc2[nH]1)C(Op1oc2ccc3ccccc3c2c2c(ccc3ccccc32)o1)c1ccccc1. The summed E-state index contributed by atoms with van der Waals surface area (Å²) in [6.07, 6.45) is 0.0773. The van der Waals surface area contributed by atoms with Crippen molar-refractivity contribution in [3.8, 4) is 0 Å². The quantitative estimate of drug-likeness (QED) is 0.185. The highest BCUT2D eigenvalue weighted by molar-refractivity contribution is 7.31. The average molecular weight is 623 g/mol. The number of hydrogen-bond acceptors (Lipinski definition) is 4. The molecule has 0 bridgehead atoms. The van der Waals surface area contributed by atoms with Crippen LogP contribution >= 0.6 is 8.24 Å². The molecule has 0 aliphatic rings. The predicted octanol–water partition coefficient (Wildman–Crippen LogP) is 10.5. The lowest BCUT2D eigenvalue weighted by atomic mass is 9.99. The lowest BCUT2D eigenvalue weighted by Crippen LogP contribution is -2.40. The van der Waals surface area contributed by atoms with Crippen molar-refractivity contribution in [3.63, 3.8) is 0 Å². The number of para-hydroxylation sites is 1. The maximum Gasteiger partial charge on any atom is 0.388 e. The van der Waals surface area contributed by atoms with Gasteiger partial charge in [-0.05, 0) is 57.8 Å². The average Bonchev–Trinajstić information content (AvgIpc) is 3.47. The van der Waals surface area contributed by atoms with Gasteiger partial charge in [0.15, 0.2) is 0 Å². The molecule has 2 aromatic heterocycles. The highest BCUT2D eigenvalue weighted by Crippen LogP contribution is 2.42. The second-order valence-corrected chi connectivity index (χ2v) is 12.4. The van der Waals surface area contributed by atoms with Gasteiger partial charge in [-0.3, -0.25) is 9.32 Å². The van der Waals surface area contributed by atoms with Crippen LogP contribution in [0.3, 0.4) is 0 Å². The second-order valence-electron chi connectivity index (χ2n) is 11.4. The first kappa shape index (κ1) is 28.2. The molecule has 8 rings (SSSR count). The van der Waals surface area contributed by atoms with Gasteiger partial charge < -0.3 is 18.7 Å². The van der Waals surface area contributed by atoms with Crippen LogP contribution in [0.15, 0.2) is 142 Å². The third-order valence-electron chi connectivity index (χ3n) is 8.60. The molecule has 7 heteroatoms. The number of nitrogens with one attached hydrogen (secondary N) is 2. The van der Waals surface area contributed by atoms with Gasteiger partial charge in [-0.1, -0.05) is 116 Å². The van der Waals surface area contributed by atoms with Crippen LogP contribution < -0.4 is 9.84 Å². The molecule has 0 spiro atoms. The van der Waals surface area contributed by atoms with Crippen LogP contribution in [0.2, 0.25) is 0 Å². The standard InChI is InChI=1S/C39H31N2O4P/c1-2-31(41-39(42)33-24-28-16-8-11-19-32(28)40-33)38(27-14-4-3-5-15-27)45-46-43-34-22-20-25-12-6-9-17-29(25)36(34)37-30-18-10-7-13-26(30)21-23-35(37)44-46/h3-24,31,38,40H,2H2,1H3,(H,41,42)/t31-,38?/m0/s1. The van der Waals surface area contributed by atoms with Crippen molar-refractivity contribution in [2.75, 3.05) is 0 Å². The van der Waals surface area contributed by atoms with Crippen LogP contribution in [0.5, 0.6) is 0 Å². The Hall–Kier alpha value is -5.29. The molecule has 8 aromatic rings. The van der Waals surface area contributed by atoms with Crippen molar-refractivity contribution in [3.05, 3.63) is 145 Å². The van der Waals surface area contributed by atoms with Crippen molar-refractivity contribution in [1.82, 2.24) is 10.3 Å². The maximum atomic E-state index is 13.6. The van der Waals surface area contributed by atoms with Crippen molar-refractivity contribution in [2.24, 2.45) is 0 Å². The molecule has 226 valence electrons. The number of fused-ring (bicyclic) bond motifs is 8. The monoisotopic (exact) mass is 622 g/mol. The molecular weight excluding hydrogens is 591 g/mol. The number of benzene rings is 6. The molecule has 0 aliphatic carbocycles. The zero-order valence-corrected chi connectivity index (χ0v) is 26.0. The lowest BCUT2D eigenvalue weighted by molar-refractivity contribution is 0.0889. The lowest BCUT2D eigenvalue weighted by Gasteiger charge is -2.26. The van der Waals surface area contributed by atoms with Gasteiger partial charge in [-0.15, -0.1) is 0 Å². The largest absolute Gasteiger partial charge is 0.399 e. The smallest absolute Gasteiger partial charge is 0.388 e. The predicted molar refractivity (Wildman–Crippen MR) is 187 cm³/mol. The van der Waals surface area contributed by atoms with Gasteiger partial charge in [0, 0.05) is 21.7 Å². The molecule has 0 aliphatic heterocycles. The summed E-state index contributed by atoms with van der Waals surface area (Å²) in [5, 5.41) is 10.6. The Morgan fingerprint density at radius 2 is 1.28 bits per heavy atom. The number of aromatic nitrogens is 1. The Balaban J connectivity index is 1.28. The first-order valence-corrected chi connectivity index (χ1v) is 16.6. The Morgan fingerprint density at radius 3 is 1.89 bits per heavy atom. The molecule has 1 unspecified atom stereocenters. The molecular formula is C39H31N2O4P. The molecule has 6 aromatic carbocycles. The molecule has 2 atom stereocenters. The van der Waals surface area contributed by atoms with Crippen LogP contribution in [0.4, 0.5) is 0 Å². The molecule has 1 amide bonds. The van der Waals surface area contributed by atoms with Gasteiger partial charge in [0.05, 0.1) is 6.04 Å². The summed E-state index contributed by atoms with van der Waals surface area (Å²) >= 11 is 0. The number of rotatable bonds is 7. The van der Waals surface area contributed by atoms with Crippen molar-refractivity contribution < 1.29 is 17.7 Å². The highest BCUT2D eigenvalue weighted by atomic mass is 31.1. The molecule has 2 N–H and O–H groups in total. The minimum absolute atomic E-state index is 0.198. The van der Waals surface area contributed by atoms with E-state index in [1.165, 1.54) is 0 Å². The fourth-order valence-corrected chi connectivity index (χ4v) is 7.53. The van der Waals surface area contributed by atoms with Gasteiger partial charge in [0.2, 0.25) is 0 Å². The number of aromatic amines is 1. The van der Waals surface area contributed by atoms with E-state index in [4.69, 9.17) is 12.9 Å². The van der Waals surface area contributed by atoms with Crippen LogP contribution in [0, 0.1) is 0 Å². The summed E-state index contributed by atoms with van der Waals surface area (Å²) in [6.45, 7) is 2.04. The molecule has 6 nitrogen and oxygen atoms in total. The van der Waals surface area contributed by atoms with E-state index in [-0.39, 0.29) is 11.9 Å². The summed E-state index contributed by atoms with van der Waals surface area (Å²) < 4.78 is 20.2. The third kappa shape index (κ3) is 5.12. The minimum atomic E-state index is -1.94. The molecule has 0 radical (unpaired) electrons. The number of H-pyrrole nitrogens is 1. The maximum absolute atomic E-state index is 13.6. The van der Waals surface area contributed by atoms with Crippen molar-refractivity contribution in [1.29, 1.82) is 0 Å². The van der Waals surface area contributed by atoms with Gasteiger partial charge in [-0.2, -0.15) is 0 Å². The van der Waals surface area contributed by atoms with E-state index in [0.29, 0.717) is 23.3 Å². The fraction of sp³-hybridized carbons (Fsp3) is 0.103. The van der Waals surface area contributed by atoms with E-state index < -0.39 is 14.3 Å². The van der Waals surface area contributed by atoms with E-state index in [1.807, 2.05) is 104 Å². The second kappa shape index (κ2) is 11.9. The van der Waals surface area contributed by atoms with Crippen molar-refractivity contribution >= 4 is 68.5 Å². The van der Waals surface area contributed by atoms with Crippen LogP contribution in [-0.4, -0.2) is 16.9 Å². The topological polar surface area (TPSA) is 80.4 Å². The fourth-order valence-electron chi connectivity index (χ4n) is 6.33. The first-order valence-electron chi connectivity index (χ1n) is 15.5. The van der Waals surface area contributed by atoms with E-state index in [9.17, 15) is 4.79 Å². The van der Waals surface area contributed by atoms with Gasteiger partial charge in [0.25, 0.3) is 5.91 Å². The summed E-state index contributed by atoms with van der Waals surface area (Å²) in [5.41, 5.74) is 3.73. The number of carbonyl (C=O) groups is 1. The minimum Gasteiger partial charge on any atom is -0.399 e. The van der Waals surface area contributed by atoms with Crippen molar-refractivity contribution in [2.45, 2.75) is 25.5 Å². The Labute approximate surface area is 266 Å². The number of hydrogen-bond donors (Lipinski definition) is 2. The highest BCUT2D eigenvalue weighted by Gasteiger charge is 2.28.